The number of hydrogen-bond acceptors (Lipinski definition) is 0. The zero-order chi connectivity index (χ0) is 14.3. The summed E-state index contributed by atoms with van der Waals surface area (Å²) >= 11 is 0.106. The predicted molar refractivity (Wildman–Crippen MR) is 89.7 cm³/mol. The van der Waals surface area contributed by atoms with Gasteiger partial charge in [-0.05, 0) is 0 Å². The monoisotopic (exact) mass is 400 g/mol. The van der Waals surface area contributed by atoms with Crippen LogP contribution in [0.15, 0.2) is 46.4 Å². The Morgan fingerprint density at radius 3 is 2.52 bits per heavy atom. The van der Waals surface area contributed by atoms with E-state index in [4.69, 9.17) is 0 Å². The molecule has 1 saturated heterocycles. The van der Waals surface area contributed by atoms with E-state index in [2.05, 4.69) is 49.5 Å². The van der Waals surface area contributed by atoms with Crippen LogP contribution < -0.4 is 24.8 Å². The van der Waals surface area contributed by atoms with Crippen LogP contribution in [0.4, 0.5) is 0 Å². The van der Waals surface area contributed by atoms with Crippen molar-refractivity contribution in [3.05, 3.63) is 46.4 Å². The molecule has 4 unspecified atom stereocenters. The second-order valence-electron chi connectivity index (χ2n) is 7.42. The third-order valence-corrected chi connectivity index (χ3v) is 16.1. The molecule has 1 saturated carbocycles. The molecule has 1 heterocycles. The first-order valence-electron chi connectivity index (χ1n) is 8.80. The second-order valence-corrected chi connectivity index (χ2v) is 15.1. The molecular formula is C19H26Cl2SiTi. The first-order valence-corrected chi connectivity index (χ1v) is 13.2. The van der Waals surface area contributed by atoms with E-state index >= 15 is 0 Å². The Bertz CT molecular complexity index is 528. The van der Waals surface area contributed by atoms with E-state index in [1.807, 2.05) is 3.88 Å². The maximum absolute atomic E-state index is 2.60. The molecule has 4 atom stereocenters. The van der Waals surface area contributed by atoms with Gasteiger partial charge < -0.3 is 24.8 Å². The van der Waals surface area contributed by atoms with Crippen LogP contribution in [0.25, 0.3) is 0 Å². The van der Waals surface area contributed by atoms with Crippen molar-refractivity contribution < 1.29 is 44.0 Å². The summed E-state index contributed by atoms with van der Waals surface area (Å²) in [4.78, 5) is 0. The van der Waals surface area contributed by atoms with E-state index in [1.165, 1.54) is 12.8 Å². The summed E-state index contributed by atoms with van der Waals surface area (Å²) < 4.78 is 2.93. The Hall–Kier alpha value is 0.471. The normalized spacial score (nSPS) is 35.4. The average Bonchev–Trinajstić information content (AvgIpc) is 3.08. The summed E-state index contributed by atoms with van der Waals surface area (Å²) in [5, 5.41) is 0. The van der Waals surface area contributed by atoms with Gasteiger partial charge in [0.05, 0.1) is 0 Å². The smallest absolute Gasteiger partial charge is 1.00 e. The van der Waals surface area contributed by atoms with Gasteiger partial charge in [0.1, 0.15) is 0 Å². The number of fused-ring (bicyclic) bond motifs is 1. The fraction of sp³-hybridized carbons (Fsp3) is 0.579. The SMILES string of the molecule is CC[Si]1(C2[CH]([Ti+2][C]3=CC=CC3)CC3C=CC=CC32)CCC1.[Cl-].[Cl-]. The van der Waals surface area contributed by atoms with Crippen LogP contribution in [0.5, 0.6) is 0 Å². The Kier molecular flexibility index (Phi) is 7.08. The van der Waals surface area contributed by atoms with E-state index in [0.29, 0.717) is 0 Å². The molecule has 0 N–H and O–H groups in total. The van der Waals surface area contributed by atoms with E-state index in [0.717, 1.165) is 21.6 Å². The topological polar surface area (TPSA) is 0 Å². The molecule has 4 rings (SSSR count). The molecule has 0 spiro atoms. The van der Waals surface area contributed by atoms with Crippen molar-refractivity contribution in [2.24, 2.45) is 11.8 Å². The standard InChI is InChI=1S/C14H21Si.C5H5.2ClH.Ti/c1-2-15(10-5-11-15)14-9-8-12-6-3-4-7-13(12)14;1-2-4-5-3-1;;;/h3-4,6-7,9,12-14H,2,5,8,10-11H2,1H3;1-3H,4H2;2*1H;/q;;;;+2/p-2. The minimum Gasteiger partial charge on any atom is -1.00 e. The van der Waals surface area contributed by atoms with E-state index < -0.39 is 8.07 Å². The molecular weight excluding hydrogens is 375 g/mol. The molecule has 0 aromatic carbocycles. The van der Waals surface area contributed by atoms with Gasteiger partial charge in [0.25, 0.3) is 0 Å². The molecule has 0 nitrogen and oxygen atoms in total. The number of allylic oxidation sites excluding steroid dienone is 8. The van der Waals surface area contributed by atoms with Gasteiger partial charge in [-0.15, -0.1) is 0 Å². The zero-order valence-electron chi connectivity index (χ0n) is 13.8. The van der Waals surface area contributed by atoms with Gasteiger partial charge >= 0.3 is 140 Å². The van der Waals surface area contributed by atoms with Crippen LogP contribution in [-0.4, -0.2) is 8.07 Å². The summed E-state index contributed by atoms with van der Waals surface area (Å²) in [7, 11) is -0.928. The Balaban J connectivity index is 0.000000960. The zero-order valence-corrected chi connectivity index (χ0v) is 17.9. The minimum atomic E-state index is -0.928. The van der Waals surface area contributed by atoms with Crippen LogP contribution in [0.1, 0.15) is 26.2 Å². The Labute approximate surface area is 163 Å². The second kappa shape index (κ2) is 8.23. The van der Waals surface area contributed by atoms with Gasteiger partial charge in [-0.25, -0.2) is 0 Å². The van der Waals surface area contributed by atoms with Crippen molar-refractivity contribution in [1.29, 1.82) is 0 Å². The molecule has 0 bridgehead atoms. The number of rotatable bonds is 4. The third-order valence-electron chi connectivity index (χ3n) is 6.57. The van der Waals surface area contributed by atoms with Gasteiger partial charge in [-0.3, -0.25) is 0 Å². The van der Waals surface area contributed by atoms with Gasteiger partial charge in [-0.1, -0.05) is 0 Å². The molecule has 0 aromatic rings. The first kappa shape index (κ1) is 19.8. The fourth-order valence-corrected chi connectivity index (χ4v) is 15.2. The van der Waals surface area contributed by atoms with Crippen molar-refractivity contribution in [2.45, 2.75) is 54.1 Å². The van der Waals surface area contributed by atoms with Gasteiger partial charge in [0, 0.05) is 0 Å². The van der Waals surface area contributed by atoms with Gasteiger partial charge in [0.2, 0.25) is 0 Å². The summed E-state index contributed by atoms with van der Waals surface area (Å²) in [6.45, 7) is 2.52. The van der Waals surface area contributed by atoms with Crippen LogP contribution in [0, 0.1) is 11.8 Å². The van der Waals surface area contributed by atoms with Crippen molar-refractivity contribution in [2.75, 3.05) is 0 Å². The van der Waals surface area contributed by atoms with Gasteiger partial charge in [0.15, 0.2) is 0 Å². The molecule has 23 heavy (non-hydrogen) atoms. The number of halogens is 2. The Morgan fingerprint density at radius 1 is 1.13 bits per heavy atom. The minimum absolute atomic E-state index is 0. The quantitative estimate of drug-likeness (QED) is 0.569. The summed E-state index contributed by atoms with van der Waals surface area (Å²) in [6, 6.07) is 4.85. The molecule has 124 valence electrons. The van der Waals surface area contributed by atoms with Crippen LogP contribution in [-0.2, 0) is 19.2 Å². The van der Waals surface area contributed by atoms with Crippen molar-refractivity contribution in [1.82, 2.24) is 0 Å². The van der Waals surface area contributed by atoms with E-state index in [1.54, 1.807) is 24.6 Å². The van der Waals surface area contributed by atoms with E-state index in [9.17, 15) is 0 Å². The maximum Gasteiger partial charge on any atom is -1.00 e. The first-order chi connectivity index (χ1) is 10.3. The maximum atomic E-state index is 2.60. The van der Waals surface area contributed by atoms with Crippen molar-refractivity contribution in [3.63, 3.8) is 0 Å². The van der Waals surface area contributed by atoms with Crippen LogP contribution in [0.3, 0.4) is 0 Å². The number of hydrogen-bond donors (Lipinski definition) is 0. The molecule has 4 heteroatoms. The van der Waals surface area contributed by atoms with Crippen LogP contribution >= 0.6 is 0 Å². The van der Waals surface area contributed by atoms with Crippen molar-refractivity contribution >= 4 is 8.07 Å². The fourth-order valence-electron chi connectivity index (χ4n) is 5.33. The molecule has 0 amide bonds. The summed E-state index contributed by atoms with van der Waals surface area (Å²) in [5.41, 5.74) is 1.13. The summed E-state index contributed by atoms with van der Waals surface area (Å²) in [6.07, 6.45) is 21.3. The van der Waals surface area contributed by atoms with Gasteiger partial charge in [-0.2, -0.15) is 0 Å². The molecule has 1 aliphatic heterocycles. The summed E-state index contributed by atoms with van der Waals surface area (Å²) in [5.74, 6) is 1.81. The average molecular weight is 401 g/mol. The largest absolute Gasteiger partial charge is 1.00 e. The van der Waals surface area contributed by atoms with Crippen LogP contribution in [0.2, 0.25) is 27.9 Å². The molecule has 0 aromatic heterocycles. The van der Waals surface area contributed by atoms with E-state index in [-0.39, 0.29) is 44.0 Å². The predicted octanol–water partition coefficient (Wildman–Crippen LogP) is -0.286. The molecule has 0 radical (unpaired) electrons. The third kappa shape index (κ3) is 3.55. The molecule has 3 aliphatic carbocycles. The van der Waals surface area contributed by atoms with Crippen molar-refractivity contribution in [3.8, 4) is 0 Å². The Morgan fingerprint density at radius 2 is 1.91 bits per heavy atom. The molecule has 2 fully saturated rings. The molecule has 4 aliphatic rings.